The fourth-order valence-electron chi connectivity index (χ4n) is 1.34. The minimum Gasteiger partial charge on any atom is -0.375 e. The Balaban J connectivity index is 2.01. The normalized spacial score (nSPS) is 18.2. The first-order valence-electron chi connectivity index (χ1n) is 4.99. The summed E-state index contributed by atoms with van der Waals surface area (Å²) in [6, 6.07) is 0. The van der Waals surface area contributed by atoms with Crippen LogP contribution in [0.25, 0.3) is 0 Å². The van der Waals surface area contributed by atoms with Gasteiger partial charge in [-0.1, -0.05) is 0 Å². The van der Waals surface area contributed by atoms with Crippen LogP contribution in [0.2, 0.25) is 0 Å². The van der Waals surface area contributed by atoms with Crippen molar-refractivity contribution in [2.24, 2.45) is 5.92 Å². The third-order valence-corrected chi connectivity index (χ3v) is 2.22. The highest BCUT2D eigenvalue weighted by atomic mass is 16.5. The van der Waals surface area contributed by atoms with Gasteiger partial charge in [-0.15, -0.1) is 0 Å². The van der Waals surface area contributed by atoms with Crippen LogP contribution in [-0.4, -0.2) is 25.3 Å². The molecule has 0 aromatic heterocycles. The summed E-state index contributed by atoms with van der Waals surface area (Å²) in [7, 11) is 0. The molecule has 1 N–H and O–H groups in total. The average Bonchev–Trinajstić information content (AvgIpc) is 2.70. The SMILES string of the molecule is CCOC(C)(C)CNCC1CC1. The second-order valence-corrected chi connectivity index (χ2v) is 4.27. The quantitative estimate of drug-likeness (QED) is 0.658. The van der Waals surface area contributed by atoms with Crippen LogP contribution in [0.3, 0.4) is 0 Å². The first kappa shape index (κ1) is 10.0. The van der Waals surface area contributed by atoms with Gasteiger partial charge in [-0.3, -0.25) is 0 Å². The largest absolute Gasteiger partial charge is 0.375 e. The lowest BCUT2D eigenvalue weighted by Gasteiger charge is -2.24. The van der Waals surface area contributed by atoms with E-state index in [0.717, 1.165) is 19.1 Å². The summed E-state index contributed by atoms with van der Waals surface area (Å²) >= 11 is 0. The van der Waals surface area contributed by atoms with E-state index in [9.17, 15) is 0 Å². The molecule has 0 radical (unpaired) electrons. The van der Waals surface area contributed by atoms with Crippen molar-refractivity contribution in [3.8, 4) is 0 Å². The molecule has 0 heterocycles. The van der Waals surface area contributed by atoms with E-state index in [1.54, 1.807) is 0 Å². The van der Waals surface area contributed by atoms with Gasteiger partial charge in [0.1, 0.15) is 0 Å². The second-order valence-electron chi connectivity index (χ2n) is 4.27. The lowest BCUT2D eigenvalue weighted by atomic mass is 10.1. The van der Waals surface area contributed by atoms with Crippen molar-refractivity contribution < 1.29 is 4.74 Å². The Morgan fingerprint density at radius 3 is 2.58 bits per heavy atom. The first-order chi connectivity index (χ1) is 5.64. The summed E-state index contributed by atoms with van der Waals surface area (Å²) < 4.78 is 5.57. The molecule has 1 aliphatic carbocycles. The van der Waals surface area contributed by atoms with Gasteiger partial charge in [0, 0.05) is 13.2 Å². The molecule has 1 saturated carbocycles. The summed E-state index contributed by atoms with van der Waals surface area (Å²) in [6.45, 7) is 9.27. The molecular weight excluding hydrogens is 150 g/mol. The molecule has 0 spiro atoms. The number of rotatable bonds is 6. The van der Waals surface area contributed by atoms with E-state index in [1.165, 1.54) is 19.4 Å². The molecule has 2 nitrogen and oxygen atoms in total. The summed E-state index contributed by atoms with van der Waals surface area (Å²) in [6.07, 6.45) is 2.84. The number of nitrogens with one attached hydrogen (secondary N) is 1. The van der Waals surface area contributed by atoms with Crippen molar-refractivity contribution in [1.82, 2.24) is 5.32 Å². The topological polar surface area (TPSA) is 21.3 Å². The number of hydrogen-bond donors (Lipinski definition) is 1. The van der Waals surface area contributed by atoms with Gasteiger partial charge in [-0.2, -0.15) is 0 Å². The summed E-state index contributed by atoms with van der Waals surface area (Å²) in [5, 5.41) is 3.45. The van der Waals surface area contributed by atoms with E-state index in [0.29, 0.717) is 0 Å². The smallest absolute Gasteiger partial charge is 0.0750 e. The lowest BCUT2D eigenvalue weighted by molar-refractivity contribution is -0.00879. The van der Waals surface area contributed by atoms with E-state index >= 15 is 0 Å². The zero-order chi connectivity index (χ0) is 9.03. The van der Waals surface area contributed by atoms with Crippen LogP contribution in [0.5, 0.6) is 0 Å². The molecule has 0 aromatic rings. The summed E-state index contributed by atoms with van der Waals surface area (Å²) in [4.78, 5) is 0. The molecule has 0 atom stereocenters. The summed E-state index contributed by atoms with van der Waals surface area (Å²) in [5.41, 5.74) is 0.00361. The third kappa shape index (κ3) is 4.07. The maximum absolute atomic E-state index is 5.57. The van der Waals surface area contributed by atoms with Crippen LogP contribution in [0.1, 0.15) is 33.6 Å². The van der Waals surface area contributed by atoms with Gasteiger partial charge in [0.15, 0.2) is 0 Å². The summed E-state index contributed by atoms with van der Waals surface area (Å²) in [5.74, 6) is 0.961. The molecule has 1 fully saturated rings. The van der Waals surface area contributed by atoms with E-state index in [2.05, 4.69) is 19.2 Å². The fourth-order valence-corrected chi connectivity index (χ4v) is 1.34. The van der Waals surface area contributed by atoms with Crippen molar-refractivity contribution in [2.45, 2.75) is 39.2 Å². The van der Waals surface area contributed by atoms with Gasteiger partial charge in [-0.05, 0) is 46.1 Å². The predicted octanol–water partition coefficient (Wildman–Crippen LogP) is 1.80. The van der Waals surface area contributed by atoms with Crippen molar-refractivity contribution in [3.05, 3.63) is 0 Å². The van der Waals surface area contributed by atoms with Gasteiger partial charge in [-0.25, -0.2) is 0 Å². The monoisotopic (exact) mass is 171 g/mol. The maximum Gasteiger partial charge on any atom is 0.0750 e. The molecule has 0 amide bonds. The van der Waals surface area contributed by atoms with Crippen molar-refractivity contribution in [2.75, 3.05) is 19.7 Å². The molecular formula is C10H21NO. The molecule has 72 valence electrons. The van der Waals surface area contributed by atoms with Crippen LogP contribution in [-0.2, 0) is 4.74 Å². The number of hydrogen-bond acceptors (Lipinski definition) is 2. The molecule has 1 rings (SSSR count). The Hall–Kier alpha value is -0.0800. The standard InChI is InChI=1S/C10H21NO/c1-4-12-10(2,3)8-11-7-9-5-6-9/h9,11H,4-8H2,1-3H3. The van der Waals surface area contributed by atoms with Gasteiger partial charge in [0.05, 0.1) is 5.60 Å². The zero-order valence-corrected chi connectivity index (χ0v) is 8.52. The van der Waals surface area contributed by atoms with E-state index in [-0.39, 0.29) is 5.60 Å². The molecule has 0 bridgehead atoms. The highest BCUT2D eigenvalue weighted by Crippen LogP contribution is 2.27. The Morgan fingerprint density at radius 1 is 1.42 bits per heavy atom. The Kier molecular flexibility index (Phi) is 3.53. The van der Waals surface area contributed by atoms with Crippen LogP contribution in [0.15, 0.2) is 0 Å². The third-order valence-electron chi connectivity index (χ3n) is 2.22. The van der Waals surface area contributed by atoms with Crippen LogP contribution >= 0.6 is 0 Å². The predicted molar refractivity (Wildman–Crippen MR) is 51.3 cm³/mol. The highest BCUT2D eigenvalue weighted by molar-refractivity contribution is 4.78. The Morgan fingerprint density at radius 2 is 2.08 bits per heavy atom. The minimum atomic E-state index is 0.00361. The first-order valence-corrected chi connectivity index (χ1v) is 4.99. The zero-order valence-electron chi connectivity index (χ0n) is 8.52. The number of ether oxygens (including phenoxy) is 1. The Labute approximate surface area is 75.7 Å². The van der Waals surface area contributed by atoms with Gasteiger partial charge >= 0.3 is 0 Å². The lowest BCUT2D eigenvalue weighted by Crippen LogP contribution is -2.38. The van der Waals surface area contributed by atoms with Crippen molar-refractivity contribution >= 4 is 0 Å². The molecule has 0 unspecified atom stereocenters. The average molecular weight is 171 g/mol. The van der Waals surface area contributed by atoms with Crippen molar-refractivity contribution in [3.63, 3.8) is 0 Å². The molecule has 0 aromatic carbocycles. The van der Waals surface area contributed by atoms with E-state index < -0.39 is 0 Å². The highest BCUT2D eigenvalue weighted by Gasteiger charge is 2.22. The van der Waals surface area contributed by atoms with Gasteiger partial charge in [0.25, 0.3) is 0 Å². The second kappa shape index (κ2) is 4.24. The fraction of sp³-hybridized carbons (Fsp3) is 1.00. The van der Waals surface area contributed by atoms with E-state index in [4.69, 9.17) is 4.74 Å². The van der Waals surface area contributed by atoms with E-state index in [1.807, 2.05) is 6.92 Å². The molecule has 0 saturated heterocycles. The molecule has 12 heavy (non-hydrogen) atoms. The molecule has 0 aliphatic heterocycles. The molecule has 1 aliphatic rings. The van der Waals surface area contributed by atoms with Gasteiger partial charge in [0.2, 0.25) is 0 Å². The Bertz CT molecular complexity index is 130. The molecule has 2 heteroatoms. The van der Waals surface area contributed by atoms with Crippen LogP contribution in [0, 0.1) is 5.92 Å². The van der Waals surface area contributed by atoms with Crippen LogP contribution in [0.4, 0.5) is 0 Å². The minimum absolute atomic E-state index is 0.00361. The van der Waals surface area contributed by atoms with Gasteiger partial charge < -0.3 is 10.1 Å². The maximum atomic E-state index is 5.57. The van der Waals surface area contributed by atoms with Crippen LogP contribution < -0.4 is 5.32 Å². The van der Waals surface area contributed by atoms with Crippen molar-refractivity contribution in [1.29, 1.82) is 0 Å².